The zero-order valence-corrected chi connectivity index (χ0v) is 12.2. The number of allylic oxidation sites excluding steroid dienone is 2. The summed E-state index contributed by atoms with van der Waals surface area (Å²) in [6.07, 6.45) is 3.93. The number of aliphatic hydroxyl groups excluding tert-OH is 1. The van der Waals surface area contributed by atoms with Gasteiger partial charge in [-0.3, -0.25) is 4.79 Å². The number of benzene rings is 1. The lowest BCUT2D eigenvalue weighted by Gasteiger charge is -2.30. The van der Waals surface area contributed by atoms with Crippen molar-refractivity contribution in [2.75, 3.05) is 14.2 Å². The van der Waals surface area contributed by atoms with E-state index in [9.17, 15) is 15.0 Å². The molecule has 21 heavy (non-hydrogen) atoms. The SMILES string of the molecule is COc1ccc(C(O)C2CC=CCC2C(=O)O)cc1OC. The van der Waals surface area contributed by atoms with E-state index in [4.69, 9.17) is 9.47 Å². The van der Waals surface area contributed by atoms with Crippen LogP contribution in [0, 0.1) is 11.8 Å². The van der Waals surface area contributed by atoms with E-state index in [0.29, 0.717) is 29.9 Å². The number of carbonyl (C=O) groups is 1. The summed E-state index contributed by atoms with van der Waals surface area (Å²) in [5.74, 6) is -0.688. The summed E-state index contributed by atoms with van der Waals surface area (Å²) in [5.41, 5.74) is 0.638. The van der Waals surface area contributed by atoms with Gasteiger partial charge < -0.3 is 19.7 Å². The van der Waals surface area contributed by atoms with E-state index < -0.39 is 18.0 Å². The number of aliphatic hydroxyl groups is 1. The maximum absolute atomic E-state index is 11.3. The lowest BCUT2D eigenvalue weighted by Crippen LogP contribution is -2.29. The fourth-order valence-corrected chi connectivity index (χ4v) is 2.75. The van der Waals surface area contributed by atoms with Gasteiger partial charge in [0.25, 0.3) is 0 Å². The molecule has 5 nitrogen and oxygen atoms in total. The molecule has 0 saturated heterocycles. The van der Waals surface area contributed by atoms with Crippen molar-refractivity contribution < 1.29 is 24.5 Å². The summed E-state index contributed by atoms with van der Waals surface area (Å²) in [6, 6.07) is 5.15. The topological polar surface area (TPSA) is 76.0 Å². The maximum Gasteiger partial charge on any atom is 0.307 e. The number of hydrogen-bond donors (Lipinski definition) is 2. The Morgan fingerprint density at radius 2 is 1.86 bits per heavy atom. The first kappa shape index (κ1) is 15.4. The number of rotatable bonds is 5. The number of carboxylic acids is 1. The van der Waals surface area contributed by atoms with Crippen molar-refractivity contribution in [2.45, 2.75) is 18.9 Å². The van der Waals surface area contributed by atoms with Crippen LogP contribution >= 0.6 is 0 Å². The smallest absolute Gasteiger partial charge is 0.307 e. The molecule has 0 amide bonds. The molecule has 1 aromatic rings. The molecule has 2 N–H and O–H groups in total. The fraction of sp³-hybridized carbons (Fsp3) is 0.438. The van der Waals surface area contributed by atoms with Gasteiger partial charge in [-0.25, -0.2) is 0 Å². The minimum atomic E-state index is -0.871. The Labute approximate surface area is 123 Å². The first-order valence-electron chi connectivity index (χ1n) is 6.86. The summed E-state index contributed by atoms with van der Waals surface area (Å²) in [4.78, 5) is 11.3. The minimum absolute atomic E-state index is 0.342. The zero-order valence-electron chi connectivity index (χ0n) is 12.2. The van der Waals surface area contributed by atoms with Crippen molar-refractivity contribution in [3.8, 4) is 11.5 Å². The van der Waals surface area contributed by atoms with Gasteiger partial charge in [0.2, 0.25) is 0 Å². The van der Waals surface area contributed by atoms with Crippen molar-refractivity contribution in [1.29, 1.82) is 0 Å². The molecule has 3 atom stereocenters. The van der Waals surface area contributed by atoms with Crippen molar-refractivity contribution in [3.63, 3.8) is 0 Å². The molecule has 114 valence electrons. The number of methoxy groups -OCH3 is 2. The number of carboxylic acid groups (broad SMARTS) is 1. The summed E-state index contributed by atoms with van der Waals surface area (Å²) >= 11 is 0. The lowest BCUT2D eigenvalue weighted by atomic mass is 9.77. The highest BCUT2D eigenvalue weighted by atomic mass is 16.5. The van der Waals surface area contributed by atoms with E-state index in [-0.39, 0.29) is 5.92 Å². The standard InChI is InChI=1S/C16H20O5/c1-20-13-8-7-10(9-14(13)21-2)15(17)11-5-3-4-6-12(11)16(18)19/h3-4,7-9,11-12,15,17H,5-6H2,1-2H3,(H,18,19). The third kappa shape index (κ3) is 3.19. The predicted octanol–water partition coefficient (Wildman–Crippen LogP) is 2.40. The highest BCUT2D eigenvalue weighted by molar-refractivity contribution is 5.71. The molecule has 0 heterocycles. The highest BCUT2D eigenvalue weighted by Crippen LogP contribution is 2.38. The molecule has 0 fully saturated rings. The highest BCUT2D eigenvalue weighted by Gasteiger charge is 2.34. The fourth-order valence-electron chi connectivity index (χ4n) is 2.75. The Hall–Kier alpha value is -2.01. The van der Waals surface area contributed by atoms with Gasteiger partial charge in [-0.05, 0) is 30.5 Å². The monoisotopic (exact) mass is 292 g/mol. The van der Waals surface area contributed by atoms with Crippen LogP contribution in [0.2, 0.25) is 0 Å². The number of aliphatic carboxylic acids is 1. The molecule has 3 unspecified atom stereocenters. The second-order valence-electron chi connectivity index (χ2n) is 5.11. The van der Waals surface area contributed by atoms with Gasteiger partial charge in [-0.15, -0.1) is 0 Å². The van der Waals surface area contributed by atoms with Crippen molar-refractivity contribution >= 4 is 5.97 Å². The van der Waals surface area contributed by atoms with Crippen LogP contribution in [0.5, 0.6) is 11.5 Å². The van der Waals surface area contributed by atoms with Crippen LogP contribution in [-0.2, 0) is 4.79 Å². The largest absolute Gasteiger partial charge is 0.493 e. The molecule has 1 aliphatic carbocycles. The van der Waals surface area contributed by atoms with E-state index in [2.05, 4.69) is 0 Å². The third-order valence-corrected chi connectivity index (χ3v) is 3.95. The summed E-state index contributed by atoms with van der Waals surface area (Å²) < 4.78 is 10.4. The van der Waals surface area contributed by atoms with E-state index in [0.717, 1.165) is 0 Å². The predicted molar refractivity (Wildman–Crippen MR) is 77.5 cm³/mol. The molecule has 1 aromatic carbocycles. The Morgan fingerprint density at radius 1 is 1.19 bits per heavy atom. The quantitative estimate of drug-likeness (QED) is 0.815. The van der Waals surface area contributed by atoms with Crippen LogP contribution < -0.4 is 9.47 Å². The second kappa shape index (κ2) is 6.63. The molecular formula is C16H20O5. The average Bonchev–Trinajstić information content (AvgIpc) is 2.53. The Kier molecular flexibility index (Phi) is 4.85. The van der Waals surface area contributed by atoms with Gasteiger partial charge in [-0.1, -0.05) is 18.2 Å². The maximum atomic E-state index is 11.3. The molecule has 2 rings (SSSR count). The minimum Gasteiger partial charge on any atom is -0.493 e. The molecule has 0 saturated carbocycles. The van der Waals surface area contributed by atoms with Crippen molar-refractivity contribution in [2.24, 2.45) is 11.8 Å². The van der Waals surface area contributed by atoms with Gasteiger partial charge >= 0.3 is 5.97 Å². The van der Waals surface area contributed by atoms with Crippen LogP contribution in [0.4, 0.5) is 0 Å². The molecule has 0 aliphatic heterocycles. The van der Waals surface area contributed by atoms with Crippen LogP contribution in [0.1, 0.15) is 24.5 Å². The van der Waals surface area contributed by atoms with Crippen molar-refractivity contribution in [3.05, 3.63) is 35.9 Å². The molecule has 0 aromatic heterocycles. The van der Waals surface area contributed by atoms with E-state index in [1.807, 2.05) is 12.2 Å². The van der Waals surface area contributed by atoms with Gasteiger partial charge in [0.1, 0.15) is 0 Å². The van der Waals surface area contributed by atoms with Gasteiger partial charge in [0, 0.05) is 5.92 Å². The van der Waals surface area contributed by atoms with Crippen molar-refractivity contribution in [1.82, 2.24) is 0 Å². The first-order valence-corrected chi connectivity index (χ1v) is 6.86. The summed E-state index contributed by atoms with van der Waals surface area (Å²) in [7, 11) is 3.07. The molecular weight excluding hydrogens is 272 g/mol. The van der Waals surface area contributed by atoms with Gasteiger partial charge in [0.05, 0.1) is 26.2 Å². The Bertz CT molecular complexity index is 537. The average molecular weight is 292 g/mol. The number of hydrogen-bond acceptors (Lipinski definition) is 4. The Balaban J connectivity index is 2.28. The first-order chi connectivity index (χ1) is 10.1. The lowest BCUT2D eigenvalue weighted by molar-refractivity contribution is -0.145. The molecule has 0 bridgehead atoms. The van der Waals surface area contributed by atoms with Crippen LogP contribution in [-0.4, -0.2) is 30.4 Å². The molecule has 5 heteroatoms. The van der Waals surface area contributed by atoms with Crippen LogP contribution in [0.3, 0.4) is 0 Å². The van der Waals surface area contributed by atoms with Crippen LogP contribution in [0.25, 0.3) is 0 Å². The van der Waals surface area contributed by atoms with E-state index in [1.54, 1.807) is 25.3 Å². The van der Waals surface area contributed by atoms with Gasteiger partial charge in [-0.2, -0.15) is 0 Å². The van der Waals surface area contributed by atoms with Crippen LogP contribution in [0.15, 0.2) is 30.4 Å². The summed E-state index contributed by atoms with van der Waals surface area (Å²) in [5, 5.41) is 19.9. The third-order valence-electron chi connectivity index (χ3n) is 3.95. The normalized spacial score (nSPS) is 22.6. The zero-order chi connectivity index (χ0) is 15.4. The molecule has 0 spiro atoms. The second-order valence-corrected chi connectivity index (χ2v) is 5.11. The van der Waals surface area contributed by atoms with E-state index >= 15 is 0 Å². The van der Waals surface area contributed by atoms with Gasteiger partial charge in [0.15, 0.2) is 11.5 Å². The summed E-state index contributed by atoms with van der Waals surface area (Å²) in [6.45, 7) is 0. The van der Waals surface area contributed by atoms with E-state index in [1.165, 1.54) is 7.11 Å². The Morgan fingerprint density at radius 3 is 2.48 bits per heavy atom. The molecule has 1 aliphatic rings. The molecule has 0 radical (unpaired) electrons. The number of ether oxygens (including phenoxy) is 2.